The first kappa shape index (κ1) is 19.1. The number of hydrogen-bond acceptors (Lipinski definition) is 5. The van der Waals surface area contributed by atoms with Crippen molar-refractivity contribution in [1.29, 1.82) is 0 Å². The Kier molecular flexibility index (Phi) is 6.59. The fourth-order valence-corrected chi connectivity index (χ4v) is 1.63. The summed E-state index contributed by atoms with van der Waals surface area (Å²) in [5.74, 6) is -5.98. The lowest BCUT2D eigenvalue weighted by Crippen LogP contribution is -2.16. The molecule has 25 heavy (non-hydrogen) atoms. The van der Waals surface area contributed by atoms with Crippen LogP contribution in [0.3, 0.4) is 0 Å². The molecule has 0 unspecified atom stereocenters. The summed E-state index contributed by atoms with van der Waals surface area (Å²) in [6, 6.07) is 3.80. The van der Waals surface area contributed by atoms with Gasteiger partial charge in [0.25, 0.3) is 0 Å². The molecule has 0 radical (unpaired) electrons. The van der Waals surface area contributed by atoms with E-state index in [-0.39, 0.29) is 11.4 Å². The van der Waals surface area contributed by atoms with Crippen LogP contribution < -0.4 is 10.6 Å². The van der Waals surface area contributed by atoms with Crippen LogP contribution in [0.2, 0.25) is 0 Å². The molecule has 10 heteroatoms. The molecule has 0 bridgehead atoms. The van der Waals surface area contributed by atoms with Crippen molar-refractivity contribution in [1.82, 2.24) is 0 Å². The maximum atomic E-state index is 11.6. The van der Waals surface area contributed by atoms with E-state index in [4.69, 9.17) is 10.2 Å². The zero-order valence-corrected chi connectivity index (χ0v) is 12.4. The Bertz CT molecular complexity index is 738. The average molecular weight is 348 g/mol. The first-order valence-corrected chi connectivity index (χ1v) is 6.51. The second kappa shape index (κ2) is 8.62. The molecule has 130 valence electrons. The van der Waals surface area contributed by atoms with Crippen LogP contribution in [0.25, 0.3) is 0 Å². The molecular formula is C15H12N2O8. The maximum absolute atomic E-state index is 11.6. The van der Waals surface area contributed by atoms with Gasteiger partial charge in [0.15, 0.2) is 0 Å². The minimum atomic E-state index is -1.48. The summed E-state index contributed by atoms with van der Waals surface area (Å²) in [6.07, 6.45) is 2.51. The van der Waals surface area contributed by atoms with Gasteiger partial charge in [-0.1, -0.05) is 6.07 Å². The van der Waals surface area contributed by atoms with Crippen molar-refractivity contribution in [2.45, 2.75) is 0 Å². The van der Waals surface area contributed by atoms with Gasteiger partial charge in [-0.15, -0.1) is 0 Å². The number of anilines is 2. The highest BCUT2D eigenvalue weighted by atomic mass is 16.4. The highest BCUT2D eigenvalue weighted by Gasteiger charge is 2.17. The van der Waals surface area contributed by atoms with Gasteiger partial charge in [0, 0.05) is 24.3 Å². The number of aromatic carboxylic acids is 1. The third kappa shape index (κ3) is 6.36. The van der Waals surface area contributed by atoms with E-state index >= 15 is 0 Å². The number of carbonyl (C=O) groups excluding carboxylic acids is 2. The Morgan fingerprint density at radius 3 is 1.44 bits per heavy atom. The average Bonchev–Trinajstić information content (AvgIpc) is 2.50. The van der Waals surface area contributed by atoms with Crippen molar-refractivity contribution in [3.05, 3.63) is 48.1 Å². The van der Waals surface area contributed by atoms with Crippen LogP contribution in [0, 0.1) is 0 Å². The van der Waals surface area contributed by atoms with Crippen LogP contribution in [-0.2, 0) is 19.2 Å². The lowest BCUT2D eigenvalue weighted by molar-refractivity contribution is -0.132. The molecule has 10 nitrogen and oxygen atoms in total. The van der Waals surface area contributed by atoms with Crippen LogP contribution >= 0.6 is 0 Å². The summed E-state index contributed by atoms with van der Waals surface area (Å²) in [5.41, 5.74) is -0.836. The summed E-state index contributed by atoms with van der Waals surface area (Å²) < 4.78 is 0. The van der Waals surface area contributed by atoms with E-state index in [1.165, 1.54) is 18.2 Å². The van der Waals surface area contributed by atoms with Gasteiger partial charge >= 0.3 is 17.9 Å². The summed E-state index contributed by atoms with van der Waals surface area (Å²) in [5, 5.41) is 30.5. The van der Waals surface area contributed by atoms with Gasteiger partial charge in [-0.05, 0) is 12.1 Å². The van der Waals surface area contributed by atoms with Gasteiger partial charge in [-0.25, -0.2) is 14.4 Å². The molecular weight excluding hydrogens is 336 g/mol. The molecule has 0 aliphatic carbocycles. The zero-order chi connectivity index (χ0) is 19.0. The van der Waals surface area contributed by atoms with E-state index in [0.29, 0.717) is 24.3 Å². The van der Waals surface area contributed by atoms with Gasteiger partial charge in [-0.2, -0.15) is 0 Å². The smallest absolute Gasteiger partial charge is 0.339 e. The molecule has 0 saturated carbocycles. The third-order valence-electron chi connectivity index (χ3n) is 2.55. The number of amides is 2. The van der Waals surface area contributed by atoms with Crippen molar-refractivity contribution in [2.75, 3.05) is 10.6 Å². The summed E-state index contributed by atoms with van der Waals surface area (Å²) in [4.78, 5) is 55.3. The Hall–Kier alpha value is -3.95. The number of aliphatic carboxylic acids is 2. The third-order valence-corrected chi connectivity index (χ3v) is 2.55. The molecule has 0 aliphatic heterocycles. The first-order chi connectivity index (χ1) is 11.7. The lowest BCUT2D eigenvalue weighted by Gasteiger charge is -2.12. The molecule has 1 rings (SSSR count). The second-order valence-electron chi connectivity index (χ2n) is 4.35. The molecule has 1 aromatic carbocycles. The van der Waals surface area contributed by atoms with E-state index in [1.807, 2.05) is 0 Å². The number of nitrogens with one attached hydrogen (secondary N) is 2. The molecule has 0 saturated heterocycles. The standard InChI is InChI=1S/C15H12N2O8/c18-10(4-6-12(20)21)16-8-2-1-3-9(14(8)15(24)25)17-11(19)5-7-13(22)23/h1-7H,(H,16,18)(H,17,19)(H,20,21)(H,22,23)(H,24,25)/b6-4-,7-5-. The second-order valence-corrected chi connectivity index (χ2v) is 4.35. The maximum Gasteiger partial charge on any atom is 0.339 e. The number of rotatable bonds is 7. The van der Waals surface area contributed by atoms with Crippen LogP contribution in [0.15, 0.2) is 42.5 Å². The van der Waals surface area contributed by atoms with Crippen LogP contribution in [0.4, 0.5) is 11.4 Å². The van der Waals surface area contributed by atoms with E-state index in [2.05, 4.69) is 10.6 Å². The summed E-state index contributed by atoms with van der Waals surface area (Å²) >= 11 is 0. The molecule has 2 amide bonds. The molecule has 5 N–H and O–H groups in total. The normalized spacial score (nSPS) is 10.6. The fraction of sp³-hybridized carbons (Fsp3) is 0. The number of benzene rings is 1. The van der Waals surface area contributed by atoms with Gasteiger partial charge in [-0.3, -0.25) is 9.59 Å². The zero-order valence-electron chi connectivity index (χ0n) is 12.4. The topological polar surface area (TPSA) is 170 Å². The Morgan fingerprint density at radius 1 is 0.720 bits per heavy atom. The van der Waals surface area contributed by atoms with Gasteiger partial charge in [0.1, 0.15) is 5.56 Å². The van der Waals surface area contributed by atoms with Crippen molar-refractivity contribution in [3.63, 3.8) is 0 Å². The number of carboxylic acids is 3. The van der Waals surface area contributed by atoms with Gasteiger partial charge in [0.2, 0.25) is 11.8 Å². The summed E-state index contributed by atoms with van der Waals surface area (Å²) in [7, 11) is 0. The van der Waals surface area contributed by atoms with E-state index in [1.54, 1.807) is 0 Å². The van der Waals surface area contributed by atoms with E-state index < -0.39 is 35.3 Å². The largest absolute Gasteiger partial charge is 0.478 e. The predicted octanol–water partition coefficient (Wildman–Crippen LogP) is 0.543. The molecule has 1 aromatic rings. The van der Waals surface area contributed by atoms with Gasteiger partial charge in [0.05, 0.1) is 11.4 Å². The van der Waals surface area contributed by atoms with Crippen molar-refractivity contribution < 1.29 is 39.3 Å². The molecule has 0 atom stereocenters. The molecule has 0 aliphatic rings. The Labute approximate surface area is 140 Å². The fourth-order valence-electron chi connectivity index (χ4n) is 1.63. The van der Waals surface area contributed by atoms with Crippen LogP contribution in [-0.4, -0.2) is 45.0 Å². The van der Waals surface area contributed by atoms with E-state index in [9.17, 15) is 29.1 Å². The predicted molar refractivity (Wildman–Crippen MR) is 84.2 cm³/mol. The van der Waals surface area contributed by atoms with Gasteiger partial charge < -0.3 is 26.0 Å². The SMILES string of the molecule is O=C(O)/C=C\C(=O)Nc1cccc(NC(=O)/C=C\C(=O)O)c1C(=O)O. The quantitative estimate of drug-likeness (QED) is 0.444. The Morgan fingerprint density at radius 2 is 1.12 bits per heavy atom. The lowest BCUT2D eigenvalue weighted by atomic mass is 10.1. The first-order valence-electron chi connectivity index (χ1n) is 6.51. The molecule has 0 spiro atoms. The Balaban J connectivity index is 3.10. The summed E-state index contributed by atoms with van der Waals surface area (Å²) in [6.45, 7) is 0. The van der Waals surface area contributed by atoms with Crippen molar-refractivity contribution in [2.24, 2.45) is 0 Å². The highest BCUT2D eigenvalue weighted by Crippen LogP contribution is 2.24. The van der Waals surface area contributed by atoms with Crippen LogP contribution in [0.1, 0.15) is 10.4 Å². The number of carboxylic acid groups (broad SMARTS) is 3. The van der Waals surface area contributed by atoms with E-state index in [0.717, 1.165) is 0 Å². The highest BCUT2D eigenvalue weighted by molar-refractivity contribution is 6.11. The molecule has 0 aromatic heterocycles. The number of carbonyl (C=O) groups is 5. The van der Waals surface area contributed by atoms with Crippen LogP contribution in [0.5, 0.6) is 0 Å². The minimum Gasteiger partial charge on any atom is -0.478 e. The van der Waals surface area contributed by atoms with Crippen molar-refractivity contribution in [3.8, 4) is 0 Å². The minimum absolute atomic E-state index is 0.187. The molecule has 0 fully saturated rings. The van der Waals surface area contributed by atoms with Crippen molar-refractivity contribution >= 4 is 41.1 Å². The molecule has 0 heterocycles. The number of hydrogen-bond donors (Lipinski definition) is 5. The monoisotopic (exact) mass is 348 g/mol.